The molecule has 0 aromatic carbocycles. The smallest absolute Gasteiger partial charge is 0.222 e. The minimum Gasteiger partial charge on any atom is -0.349 e. The van der Waals surface area contributed by atoms with Crippen LogP contribution in [-0.2, 0) is 4.79 Å². The van der Waals surface area contributed by atoms with Crippen LogP contribution in [0.25, 0.3) is 0 Å². The first-order chi connectivity index (χ1) is 7.52. The van der Waals surface area contributed by atoms with Crippen LogP contribution in [0.1, 0.15) is 42.5 Å². The molecule has 1 aromatic heterocycles. The number of nitrogens with one attached hydrogen (secondary N) is 1. The second kappa shape index (κ2) is 6.01. The zero-order chi connectivity index (χ0) is 12.1. The number of amides is 1. The van der Waals surface area contributed by atoms with Gasteiger partial charge in [0.25, 0.3) is 0 Å². The van der Waals surface area contributed by atoms with Gasteiger partial charge in [0.15, 0.2) is 0 Å². The molecule has 90 valence electrons. The fraction of sp³-hybridized carbons (Fsp3) is 0.583. The zero-order valence-electron chi connectivity index (χ0n) is 10.1. The summed E-state index contributed by atoms with van der Waals surface area (Å²) < 4.78 is 0. The van der Waals surface area contributed by atoms with Crippen molar-refractivity contribution in [1.29, 1.82) is 0 Å². The molecule has 0 fully saturated rings. The molecule has 0 bridgehead atoms. The molecule has 1 aromatic rings. The minimum atomic E-state index is -0.0303. The molecule has 2 atom stereocenters. The predicted molar refractivity (Wildman–Crippen MR) is 68.5 cm³/mol. The molecule has 4 heteroatoms. The van der Waals surface area contributed by atoms with Crippen LogP contribution in [0.4, 0.5) is 0 Å². The summed E-state index contributed by atoms with van der Waals surface area (Å²) in [5.74, 6) is 0.0351. The molecule has 3 nitrogen and oxygen atoms in total. The SMILES string of the molecule is CCC(N)CC(=O)NC(C)c1ccc(C)s1. The number of hydrogen-bond donors (Lipinski definition) is 2. The Bertz CT molecular complexity index is 349. The summed E-state index contributed by atoms with van der Waals surface area (Å²) in [6, 6.07) is 4.18. The van der Waals surface area contributed by atoms with Gasteiger partial charge in [0.2, 0.25) is 5.91 Å². The molecule has 1 heterocycles. The lowest BCUT2D eigenvalue weighted by molar-refractivity contribution is -0.122. The molecular weight excluding hydrogens is 220 g/mol. The van der Waals surface area contributed by atoms with Crippen molar-refractivity contribution in [3.8, 4) is 0 Å². The van der Waals surface area contributed by atoms with E-state index in [1.807, 2.05) is 13.8 Å². The first kappa shape index (κ1) is 13.2. The summed E-state index contributed by atoms with van der Waals surface area (Å²) in [5, 5.41) is 2.97. The van der Waals surface area contributed by atoms with Crippen molar-refractivity contribution in [3.63, 3.8) is 0 Å². The van der Waals surface area contributed by atoms with Crippen molar-refractivity contribution in [2.24, 2.45) is 5.73 Å². The van der Waals surface area contributed by atoms with E-state index in [-0.39, 0.29) is 18.0 Å². The number of nitrogens with two attached hydrogens (primary N) is 1. The highest BCUT2D eigenvalue weighted by molar-refractivity contribution is 7.12. The van der Waals surface area contributed by atoms with Crippen LogP contribution in [0.3, 0.4) is 0 Å². The Kier molecular flexibility index (Phi) is 4.96. The molecule has 0 aliphatic carbocycles. The van der Waals surface area contributed by atoms with Crippen LogP contribution in [0.5, 0.6) is 0 Å². The third-order valence-electron chi connectivity index (χ3n) is 2.54. The number of rotatable bonds is 5. The number of aryl methyl sites for hydroxylation is 1. The van der Waals surface area contributed by atoms with Crippen LogP contribution < -0.4 is 11.1 Å². The molecule has 1 amide bonds. The summed E-state index contributed by atoms with van der Waals surface area (Å²) in [6.07, 6.45) is 1.24. The summed E-state index contributed by atoms with van der Waals surface area (Å²) in [4.78, 5) is 14.1. The standard InChI is InChI=1S/C12H20N2OS/c1-4-10(13)7-12(15)14-9(3)11-6-5-8(2)16-11/h5-6,9-10H,4,7,13H2,1-3H3,(H,14,15). The molecule has 0 saturated carbocycles. The zero-order valence-corrected chi connectivity index (χ0v) is 10.9. The Morgan fingerprint density at radius 2 is 2.25 bits per heavy atom. The molecule has 2 unspecified atom stereocenters. The van der Waals surface area contributed by atoms with Gasteiger partial charge in [0.1, 0.15) is 0 Å². The van der Waals surface area contributed by atoms with E-state index in [2.05, 4.69) is 24.4 Å². The monoisotopic (exact) mass is 240 g/mol. The van der Waals surface area contributed by atoms with E-state index in [0.717, 1.165) is 6.42 Å². The van der Waals surface area contributed by atoms with Crippen molar-refractivity contribution in [2.45, 2.75) is 45.7 Å². The van der Waals surface area contributed by atoms with Gasteiger partial charge in [0, 0.05) is 22.2 Å². The van der Waals surface area contributed by atoms with Crippen molar-refractivity contribution in [1.82, 2.24) is 5.32 Å². The molecule has 16 heavy (non-hydrogen) atoms. The highest BCUT2D eigenvalue weighted by Crippen LogP contribution is 2.22. The van der Waals surface area contributed by atoms with E-state index in [9.17, 15) is 4.79 Å². The summed E-state index contributed by atoms with van der Waals surface area (Å²) in [6.45, 7) is 6.06. The fourth-order valence-electron chi connectivity index (χ4n) is 1.44. The second-order valence-corrected chi connectivity index (χ2v) is 5.43. The second-order valence-electron chi connectivity index (χ2n) is 4.11. The number of carbonyl (C=O) groups is 1. The lowest BCUT2D eigenvalue weighted by atomic mass is 10.1. The fourth-order valence-corrected chi connectivity index (χ4v) is 2.32. The van der Waals surface area contributed by atoms with Gasteiger partial charge in [-0.15, -0.1) is 11.3 Å². The highest BCUT2D eigenvalue weighted by atomic mass is 32.1. The van der Waals surface area contributed by atoms with Crippen molar-refractivity contribution >= 4 is 17.2 Å². The van der Waals surface area contributed by atoms with Crippen LogP contribution in [0.15, 0.2) is 12.1 Å². The number of carbonyl (C=O) groups excluding carboxylic acids is 1. The molecule has 3 N–H and O–H groups in total. The first-order valence-corrected chi connectivity index (χ1v) is 6.45. The maximum atomic E-state index is 11.6. The normalized spacial score (nSPS) is 14.5. The predicted octanol–water partition coefficient (Wildman–Crippen LogP) is 2.36. The molecule has 0 radical (unpaired) electrons. The maximum absolute atomic E-state index is 11.6. The lowest BCUT2D eigenvalue weighted by Gasteiger charge is -2.14. The summed E-state index contributed by atoms with van der Waals surface area (Å²) >= 11 is 1.72. The third kappa shape index (κ3) is 3.94. The van der Waals surface area contributed by atoms with E-state index in [1.165, 1.54) is 9.75 Å². The van der Waals surface area contributed by atoms with E-state index in [1.54, 1.807) is 11.3 Å². The Morgan fingerprint density at radius 3 is 2.75 bits per heavy atom. The molecule has 1 rings (SSSR count). The van der Waals surface area contributed by atoms with Crippen molar-refractivity contribution in [3.05, 3.63) is 21.9 Å². The van der Waals surface area contributed by atoms with Crippen LogP contribution >= 0.6 is 11.3 Å². The molecule has 0 spiro atoms. The Balaban J connectivity index is 2.45. The Hall–Kier alpha value is -0.870. The van der Waals surface area contributed by atoms with Gasteiger partial charge in [-0.05, 0) is 32.4 Å². The van der Waals surface area contributed by atoms with Crippen LogP contribution in [-0.4, -0.2) is 11.9 Å². The largest absolute Gasteiger partial charge is 0.349 e. The molecule has 0 aliphatic rings. The van der Waals surface area contributed by atoms with Crippen molar-refractivity contribution < 1.29 is 4.79 Å². The first-order valence-electron chi connectivity index (χ1n) is 5.64. The number of hydrogen-bond acceptors (Lipinski definition) is 3. The van der Waals surface area contributed by atoms with E-state index >= 15 is 0 Å². The van der Waals surface area contributed by atoms with Gasteiger partial charge >= 0.3 is 0 Å². The Labute approximate surface area is 101 Å². The van der Waals surface area contributed by atoms with Crippen LogP contribution in [0.2, 0.25) is 0 Å². The highest BCUT2D eigenvalue weighted by Gasteiger charge is 2.13. The quantitative estimate of drug-likeness (QED) is 0.830. The lowest BCUT2D eigenvalue weighted by Crippen LogP contribution is -2.32. The topological polar surface area (TPSA) is 55.1 Å². The average molecular weight is 240 g/mol. The molecule has 0 aliphatic heterocycles. The van der Waals surface area contributed by atoms with Gasteiger partial charge in [-0.25, -0.2) is 0 Å². The summed E-state index contributed by atoms with van der Waals surface area (Å²) in [5.41, 5.74) is 5.73. The minimum absolute atomic E-state index is 0.0303. The molecule has 0 saturated heterocycles. The average Bonchev–Trinajstić information content (AvgIpc) is 2.64. The van der Waals surface area contributed by atoms with Gasteiger partial charge in [0.05, 0.1) is 6.04 Å². The van der Waals surface area contributed by atoms with E-state index < -0.39 is 0 Å². The van der Waals surface area contributed by atoms with E-state index in [0.29, 0.717) is 6.42 Å². The maximum Gasteiger partial charge on any atom is 0.222 e. The van der Waals surface area contributed by atoms with Gasteiger partial charge in [-0.3, -0.25) is 4.79 Å². The van der Waals surface area contributed by atoms with Crippen LogP contribution in [0, 0.1) is 6.92 Å². The van der Waals surface area contributed by atoms with Crippen molar-refractivity contribution in [2.75, 3.05) is 0 Å². The van der Waals surface area contributed by atoms with Gasteiger partial charge in [-0.2, -0.15) is 0 Å². The number of thiophene rings is 1. The summed E-state index contributed by atoms with van der Waals surface area (Å²) in [7, 11) is 0. The third-order valence-corrected chi connectivity index (χ3v) is 3.72. The molecular formula is C12H20N2OS. The van der Waals surface area contributed by atoms with E-state index in [4.69, 9.17) is 5.73 Å². The van der Waals surface area contributed by atoms with Gasteiger partial charge < -0.3 is 11.1 Å². The Morgan fingerprint density at radius 1 is 1.56 bits per heavy atom. The van der Waals surface area contributed by atoms with Gasteiger partial charge in [-0.1, -0.05) is 6.92 Å².